The number of nitrogens with one attached hydrogen (secondary N) is 1. The predicted octanol–water partition coefficient (Wildman–Crippen LogP) is 3.61. The van der Waals surface area contributed by atoms with Gasteiger partial charge in [0.1, 0.15) is 23.9 Å². The van der Waals surface area contributed by atoms with E-state index in [0.717, 1.165) is 42.7 Å². The number of rotatable bonds is 8. The number of pyridine rings is 1. The van der Waals surface area contributed by atoms with Crippen LogP contribution in [0.3, 0.4) is 0 Å². The Morgan fingerprint density at radius 3 is 2.47 bits per heavy atom. The third-order valence-corrected chi connectivity index (χ3v) is 6.70. The summed E-state index contributed by atoms with van der Waals surface area (Å²) >= 11 is 0. The van der Waals surface area contributed by atoms with Crippen molar-refractivity contribution < 1.29 is 24.1 Å². The van der Waals surface area contributed by atoms with Crippen LogP contribution in [0.1, 0.15) is 49.9 Å². The van der Waals surface area contributed by atoms with Crippen molar-refractivity contribution in [3.05, 3.63) is 54.4 Å². The Bertz CT molecular complexity index is 1170. The Morgan fingerprint density at radius 2 is 1.79 bits per heavy atom. The largest absolute Gasteiger partial charge is 0.497 e. The fourth-order valence-electron chi connectivity index (χ4n) is 5.01. The van der Waals surface area contributed by atoms with E-state index in [4.69, 9.17) is 14.2 Å². The summed E-state index contributed by atoms with van der Waals surface area (Å²) < 4.78 is 18.5. The zero-order valence-electron chi connectivity index (χ0n) is 19.8. The number of aromatic nitrogens is 2. The molecule has 8 nitrogen and oxygen atoms in total. The number of hydrogen-bond donors (Lipinski definition) is 2. The molecular weight excluding hydrogens is 434 g/mol. The summed E-state index contributed by atoms with van der Waals surface area (Å²) in [4.78, 5) is 12.9. The molecule has 0 saturated heterocycles. The molecule has 1 spiro atoms. The predicted molar refractivity (Wildman–Crippen MR) is 127 cm³/mol. The van der Waals surface area contributed by atoms with Gasteiger partial charge in [-0.2, -0.15) is 5.10 Å². The van der Waals surface area contributed by atoms with Crippen molar-refractivity contribution in [1.29, 1.82) is 0 Å². The van der Waals surface area contributed by atoms with E-state index in [-0.39, 0.29) is 24.7 Å². The van der Waals surface area contributed by atoms with Crippen molar-refractivity contribution >= 4 is 11.4 Å². The average molecular weight is 466 g/mol. The molecule has 180 valence electrons. The van der Waals surface area contributed by atoms with E-state index in [1.165, 1.54) is 0 Å². The van der Waals surface area contributed by atoms with Crippen molar-refractivity contribution in [2.24, 2.45) is 5.41 Å². The number of nitrogens with zero attached hydrogens (tertiary/aromatic N) is 2. The van der Waals surface area contributed by atoms with Crippen LogP contribution in [0.4, 0.5) is 0 Å². The quantitative estimate of drug-likeness (QED) is 0.528. The van der Waals surface area contributed by atoms with Crippen LogP contribution < -0.4 is 19.5 Å². The van der Waals surface area contributed by atoms with Crippen LogP contribution in [0.5, 0.6) is 17.2 Å². The van der Waals surface area contributed by atoms with Crippen LogP contribution in [-0.4, -0.2) is 52.1 Å². The van der Waals surface area contributed by atoms with E-state index in [9.17, 15) is 9.90 Å². The van der Waals surface area contributed by atoms with Crippen molar-refractivity contribution in [3.8, 4) is 17.2 Å². The van der Waals surface area contributed by atoms with Gasteiger partial charge in [0.2, 0.25) is 0 Å². The fraction of sp³-hybridized carbons (Fsp3) is 0.462. The number of carbonyl (C=O) groups excluding carboxylic acids is 1. The molecule has 3 aromatic rings. The third kappa shape index (κ3) is 4.68. The number of methoxy groups -OCH3 is 1. The zero-order chi connectivity index (χ0) is 23.9. The van der Waals surface area contributed by atoms with Crippen LogP contribution in [0, 0.1) is 5.41 Å². The topological polar surface area (TPSA) is 94.3 Å². The monoisotopic (exact) mass is 465 g/mol. The van der Waals surface area contributed by atoms with Crippen molar-refractivity contribution in [3.63, 3.8) is 0 Å². The second-order valence-electron chi connectivity index (χ2n) is 10.3. The number of benzene rings is 1. The molecule has 5 rings (SSSR count). The van der Waals surface area contributed by atoms with Crippen LogP contribution in [0.25, 0.3) is 5.52 Å². The maximum atomic E-state index is 12.9. The molecule has 0 atom stereocenters. The van der Waals surface area contributed by atoms with E-state index >= 15 is 0 Å². The molecule has 2 aliphatic carbocycles. The molecule has 2 heterocycles. The van der Waals surface area contributed by atoms with Gasteiger partial charge < -0.3 is 24.6 Å². The van der Waals surface area contributed by atoms with E-state index in [2.05, 4.69) is 10.4 Å². The van der Waals surface area contributed by atoms with Gasteiger partial charge in [-0.25, -0.2) is 4.52 Å². The standard InChI is InChI=1S/C26H31N3O5/c1-25(2,31)16-33-20-8-9-23-22(14-27-29(23)15-20)24(30)28-17-10-26(11-17)12-21(13-26)34-19-6-4-18(32-3)5-7-19/h4-9,14-15,17,21,31H,10-13,16H2,1-3H3,(H,28,30). The molecule has 34 heavy (non-hydrogen) atoms. The number of aliphatic hydroxyl groups is 1. The van der Waals surface area contributed by atoms with Gasteiger partial charge in [-0.1, -0.05) is 0 Å². The van der Waals surface area contributed by atoms with Gasteiger partial charge in [-0.05, 0) is 81.3 Å². The van der Waals surface area contributed by atoms with Crippen LogP contribution in [0.15, 0.2) is 48.8 Å². The number of hydrogen-bond acceptors (Lipinski definition) is 6. The number of carbonyl (C=O) groups is 1. The Morgan fingerprint density at radius 1 is 1.12 bits per heavy atom. The molecule has 2 saturated carbocycles. The number of ether oxygens (including phenoxy) is 3. The minimum absolute atomic E-state index is 0.106. The minimum atomic E-state index is -0.924. The zero-order valence-corrected chi connectivity index (χ0v) is 19.8. The molecule has 2 aliphatic rings. The van der Waals surface area contributed by atoms with Gasteiger partial charge in [0, 0.05) is 6.04 Å². The highest BCUT2D eigenvalue weighted by molar-refractivity contribution is 6.00. The molecule has 0 aliphatic heterocycles. The van der Waals surface area contributed by atoms with Gasteiger partial charge in [-0.15, -0.1) is 0 Å². The lowest BCUT2D eigenvalue weighted by Gasteiger charge is -2.57. The summed E-state index contributed by atoms with van der Waals surface area (Å²) in [7, 11) is 1.65. The van der Waals surface area contributed by atoms with Gasteiger partial charge in [0.25, 0.3) is 5.91 Å². The molecular formula is C26H31N3O5. The van der Waals surface area contributed by atoms with Crippen LogP contribution >= 0.6 is 0 Å². The van der Waals surface area contributed by atoms with Gasteiger partial charge in [0.15, 0.2) is 0 Å². The lowest BCUT2D eigenvalue weighted by atomic mass is 9.53. The maximum Gasteiger partial charge on any atom is 0.255 e. The first-order valence-electron chi connectivity index (χ1n) is 11.7. The Labute approximate surface area is 198 Å². The maximum absolute atomic E-state index is 12.9. The van der Waals surface area contributed by atoms with Crippen LogP contribution in [-0.2, 0) is 0 Å². The molecule has 0 radical (unpaired) electrons. The first-order chi connectivity index (χ1) is 16.2. The van der Waals surface area contributed by atoms with Crippen molar-refractivity contribution in [2.45, 2.75) is 57.3 Å². The summed E-state index contributed by atoms with van der Waals surface area (Å²) in [6, 6.07) is 11.5. The first-order valence-corrected chi connectivity index (χ1v) is 11.7. The van der Waals surface area contributed by atoms with E-state index in [0.29, 0.717) is 16.7 Å². The summed E-state index contributed by atoms with van der Waals surface area (Å²) in [6.45, 7) is 3.54. The van der Waals surface area contributed by atoms with Gasteiger partial charge >= 0.3 is 0 Å². The summed E-state index contributed by atoms with van der Waals surface area (Å²) in [5.74, 6) is 2.17. The molecule has 2 aromatic heterocycles. The van der Waals surface area contributed by atoms with E-state index in [1.807, 2.05) is 30.3 Å². The van der Waals surface area contributed by atoms with Crippen molar-refractivity contribution in [1.82, 2.24) is 14.9 Å². The second kappa shape index (κ2) is 8.51. The highest BCUT2D eigenvalue weighted by Gasteiger charge is 2.54. The van der Waals surface area contributed by atoms with Gasteiger partial charge in [0.05, 0.1) is 42.3 Å². The van der Waals surface area contributed by atoms with Crippen LogP contribution in [0.2, 0.25) is 0 Å². The molecule has 0 bridgehead atoms. The fourth-order valence-corrected chi connectivity index (χ4v) is 5.01. The lowest BCUT2D eigenvalue weighted by molar-refractivity contribution is -0.0833. The van der Waals surface area contributed by atoms with Gasteiger partial charge in [-0.3, -0.25) is 4.79 Å². The van der Waals surface area contributed by atoms with E-state index in [1.54, 1.807) is 43.9 Å². The normalized spacial score (nSPS) is 23.8. The molecule has 0 unspecified atom stereocenters. The Balaban J connectivity index is 1.11. The highest BCUT2D eigenvalue weighted by Crippen LogP contribution is 2.56. The average Bonchev–Trinajstić information content (AvgIpc) is 3.18. The Kier molecular flexibility index (Phi) is 5.64. The van der Waals surface area contributed by atoms with Crippen molar-refractivity contribution in [2.75, 3.05) is 13.7 Å². The third-order valence-electron chi connectivity index (χ3n) is 6.70. The Hall–Kier alpha value is -3.26. The number of fused-ring (bicyclic) bond motifs is 1. The van der Waals surface area contributed by atoms with E-state index < -0.39 is 5.60 Å². The molecule has 2 fully saturated rings. The smallest absolute Gasteiger partial charge is 0.255 e. The first kappa shape index (κ1) is 22.5. The summed E-state index contributed by atoms with van der Waals surface area (Å²) in [6.07, 6.45) is 7.54. The summed E-state index contributed by atoms with van der Waals surface area (Å²) in [5, 5.41) is 17.3. The molecule has 1 amide bonds. The second-order valence-corrected chi connectivity index (χ2v) is 10.3. The molecule has 1 aromatic carbocycles. The highest BCUT2D eigenvalue weighted by atomic mass is 16.5. The minimum Gasteiger partial charge on any atom is -0.497 e. The summed E-state index contributed by atoms with van der Waals surface area (Å²) in [5.41, 5.74) is 0.637. The SMILES string of the molecule is COc1ccc(OC2CC3(CC(NC(=O)c4cnn5cc(OCC(C)(C)O)ccc45)C3)C2)cc1. The lowest BCUT2D eigenvalue weighted by Crippen LogP contribution is -2.58. The number of amides is 1. The molecule has 8 heteroatoms. The molecule has 2 N–H and O–H groups in total.